The van der Waals surface area contributed by atoms with E-state index in [1.54, 1.807) is 0 Å². The molecular weight excluding hydrogens is 300 g/mol. The highest BCUT2D eigenvalue weighted by molar-refractivity contribution is 5.80. The topological polar surface area (TPSA) is 101 Å². The van der Waals surface area contributed by atoms with Gasteiger partial charge in [-0.05, 0) is 19.3 Å². The number of hydrogen-bond acceptors (Lipinski definition) is 4. The summed E-state index contributed by atoms with van der Waals surface area (Å²) in [5.41, 5.74) is 0. The van der Waals surface area contributed by atoms with E-state index >= 15 is 0 Å². The van der Waals surface area contributed by atoms with Crippen LogP contribution in [0.15, 0.2) is 0 Å². The minimum absolute atomic E-state index is 0.0190. The van der Waals surface area contributed by atoms with Crippen LogP contribution in [0.25, 0.3) is 0 Å². The molecule has 0 aromatic heterocycles. The molecule has 0 spiro atoms. The van der Waals surface area contributed by atoms with Crippen LogP contribution in [0.5, 0.6) is 0 Å². The summed E-state index contributed by atoms with van der Waals surface area (Å²) >= 11 is 0. The van der Waals surface area contributed by atoms with Gasteiger partial charge in [0.05, 0.1) is 18.4 Å². The van der Waals surface area contributed by atoms with E-state index < -0.39 is 29.7 Å². The van der Waals surface area contributed by atoms with Crippen molar-refractivity contribution < 1.29 is 29.3 Å². The summed E-state index contributed by atoms with van der Waals surface area (Å²) in [7, 11) is 0. The first kappa shape index (κ1) is 19.5. The molecule has 6 nitrogen and oxygen atoms in total. The number of hydrogen-bond donors (Lipinski definition) is 2. The van der Waals surface area contributed by atoms with Gasteiger partial charge in [-0.3, -0.25) is 14.4 Å². The largest absolute Gasteiger partial charge is 0.481 e. The van der Waals surface area contributed by atoms with Crippen molar-refractivity contribution in [2.75, 3.05) is 6.61 Å². The number of carbonyl (C=O) groups excluding carboxylic acids is 1. The van der Waals surface area contributed by atoms with E-state index in [1.165, 1.54) is 0 Å². The number of ether oxygens (including phenoxy) is 1. The zero-order valence-corrected chi connectivity index (χ0v) is 13.7. The Bertz CT molecular complexity index is 393. The average molecular weight is 328 g/mol. The van der Waals surface area contributed by atoms with Gasteiger partial charge in [0, 0.05) is 6.42 Å². The van der Waals surface area contributed by atoms with Crippen molar-refractivity contribution in [2.24, 2.45) is 11.8 Å². The van der Waals surface area contributed by atoms with E-state index in [0.29, 0.717) is 19.4 Å². The fourth-order valence-corrected chi connectivity index (χ4v) is 3.05. The number of aliphatic carboxylic acids is 2. The maximum Gasteiger partial charge on any atom is 0.307 e. The zero-order valence-electron chi connectivity index (χ0n) is 13.7. The summed E-state index contributed by atoms with van der Waals surface area (Å²) in [5.74, 6) is -4.65. The molecule has 0 aromatic carbocycles. The Morgan fingerprint density at radius 1 is 0.783 bits per heavy atom. The third kappa shape index (κ3) is 8.00. The summed E-state index contributed by atoms with van der Waals surface area (Å²) in [5, 5.41) is 18.6. The summed E-state index contributed by atoms with van der Waals surface area (Å²) in [4.78, 5) is 34.5. The lowest BCUT2D eigenvalue weighted by atomic mass is 9.84. The van der Waals surface area contributed by atoms with Crippen molar-refractivity contribution in [3.05, 3.63) is 0 Å². The van der Waals surface area contributed by atoms with Crippen LogP contribution in [-0.4, -0.2) is 34.7 Å². The predicted octanol–water partition coefficient (Wildman–Crippen LogP) is 3.24. The van der Waals surface area contributed by atoms with Gasteiger partial charge in [-0.1, -0.05) is 44.9 Å². The van der Waals surface area contributed by atoms with E-state index in [0.717, 1.165) is 44.9 Å². The Hall–Kier alpha value is -1.59. The van der Waals surface area contributed by atoms with Gasteiger partial charge in [0.15, 0.2) is 0 Å². The third-order valence-electron chi connectivity index (χ3n) is 4.45. The molecule has 6 heteroatoms. The number of rotatable bonds is 2. The first-order valence-corrected chi connectivity index (χ1v) is 8.63. The summed E-state index contributed by atoms with van der Waals surface area (Å²) in [6.07, 6.45) is 8.25. The number of carboxylic acid groups (broad SMARTS) is 2. The molecule has 1 aliphatic heterocycles. The smallest absolute Gasteiger partial charge is 0.307 e. The number of cyclic esters (lactones) is 1. The van der Waals surface area contributed by atoms with Crippen LogP contribution in [-0.2, 0) is 19.1 Å². The average Bonchev–Trinajstić information content (AvgIpc) is 2.48. The Morgan fingerprint density at radius 3 is 1.83 bits per heavy atom. The molecule has 2 unspecified atom stereocenters. The third-order valence-corrected chi connectivity index (χ3v) is 4.45. The molecule has 1 heterocycles. The van der Waals surface area contributed by atoms with Gasteiger partial charge >= 0.3 is 17.9 Å². The van der Waals surface area contributed by atoms with Crippen LogP contribution in [0, 0.1) is 11.8 Å². The van der Waals surface area contributed by atoms with Crippen LogP contribution < -0.4 is 0 Å². The zero-order chi connectivity index (χ0) is 17.1. The van der Waals surface area contributed by atoms with E-state index in [9.17, 15) is 24.6 Å². The van der Waals surface area contributed by atoms with Crippen molar-refractivity contribution in [2.45, 2.75) is 70.6 Å². The molecule has 2 N–H and O–H groups in total. The number of carbonyl (C=O) groups is 3. The monoisotopic (exact) mass is 328 g/mol. The molecule has 1 rings (SSSR count). The van der Waals surface area contributed by atoms with Gasteiger partial charge in [0.2, 0.25) is 0 Å². The molecule has 0 radical (unpaired) electrons. The molecule has 1 saturated heterocycles. The van der Waals surface area contributed by atoms with E-state index in [-0.39, 0.29) is 12.8 Å². The fraction of sp³-hybridized carbons (Fsp3) is 0.824. The van der Waals surface area contributed by atoms with Crippen LogP contribution in [0.1, 0.15) is 70.6 Å². The summed E-state index contributed by atoms with van der Waals surface area (Å²) < 4.78 is 5.09. The number of carboxylic acids is 2. The molecule has 1 fully saturated rings. The first-order valence-electron chi connectivity index (χ1n) is 8.63. The maximum atomic E-state index is 11.7. The molecule has 0 aromatic rings. The first-order chi connectivity index (χ1) is 11.0. The van der Waals surface area contributed by atoms with Gasteiger partial charge in [-0.15, -0.1) is 0 Å². The van der Waals surface area contributed by atoms with Crippen LogP contribution >= 0.6 is 0 Å². The van der Waals surface area contributed by atoms with Gasteiger partial charge in [0.25, 0.3) is 0 Å². The molecule has 0 amide bonds. The second-order valence-corrected chi connectivity index (χ2v) is 6.27. The van der Waals surface area contributed by atoms with Crippen molar-refractivity contribution >= 4 is 17.9 Å². The van der Waals surface area contributed by atoms with Crippen molar-refractivity contribution in [3.8, 4) is 0 Å². The van der Waals surface area contributed by atoms with Gasteiger partial charge < -0.3 is 14.9 Å². The highest BCUT2D eigenvalue weighted by Gasteiger charge is 2.33. The predicted molar refractivity (Wildman–Crippen MR) is 84.0 cm³/mol. The standard InChI is InChI=1S/C17H28O6/c18-15-11-10-14(17(21)22)13(16(19)20)9-7-5-3-1-2-4-6-8-12-23-15/h13-14H,1-12H2,(H,19,20)(H,21,22). The highest BCUT2D eigenvalue weighted by atomic mass is 16.5. The Balaban J connectivity index is 2.67. The van der Waals surface area contributed by atoms with Crippen LogP contribution in [0.2, 0.25) is 0 Å². The molecule has 23 heavy (non-hydrogen) atoms. The van der Waals surface area contributed by atoms with Crippen molar-refractivity contribution in [1.82, 2.24) is 0 Å². The van der Waals surface area contributed by atoms with Gasteiger partial charge in [0.1, 0.15) is 0 Å². The minimum atomic E-state index is -1.15. The molecule has 0 bridgehead atoms. The van der Waals surface area contributed by atoms with Gasteiger partial charge in [-0.2, -0.15) is 0 Å². The lowest BCUT2D eigenvalue weighted by molar-refractivity contribution is -0.155. The second kappa shape index (κ2) is 11.0. The van der Waals surface area contributed by atoms with Crippen LogP contribution in [0.4, 0.5) is 0 Å². The molecule has 0 aliphatic carbocycles. The Labute approximate surface area is 137 Å². The Kier molecular flexibility index (Phi) is 9.33. The normalized spacial score (nSPS) is 26.2. The van der Waals surface area contributed by atoms with E-state index in [1.807, 2.05) is 0 Å². The maximum absolute atomic E-state index is 11.7. The van der Waals surface area contributed by atoms with Crippen molar-refractivity contribution in [3.63, 3.8) is 0 Å². The molecule has 2 atom stereocenters. The minimum Gasteiger partial charge on any atom is -0.481 e. The molecule has 1 aliphatic rings. The molecule has 0 saturated carbocycles. The molecule has 132 valence electrons. The summed E-state index contributed by atoms with van der Waals surface area (Å²) in [6.45, 7) is 0.360. The quantitative estimate of drug-likeness (QED) is 0.755. The molecular formula is C17H28O6. The highest BCUT2D eigenvalue weighted by Crippen LogP contribution is 2.25. The lowest BCUT2D eigenvalue weighted by Gasteiger charge is -2.20. The lowest BCUT2D eigenvalue weighted by Crippen LogP contribution is -2.30. The fourth-order valence-electron chi connectivity index (χ4n) is 3.05. The summed E-state index contributed by atoms with van der Waals surface area (Å²) in [6, 6.07) is 0. The number of esters is 1. The van der Waals surface area contributed by atoms with Crippen LogP contribution in [0.3, 0.4) is 0 Å². The van der Waals surface area contributed by atoms with Crippen molar-refractivity contribution in [1.29, 1.82) is 0 Å². The Morgan fingerprint density at radius 2 is 1.26 bits per heavy atom. The SMILES string of the molecule is O=C1CCC(C(=O)O)C(C(=O)O)CCCCCCCCCCO1. The van der Waals surface area contributed by atoms with Gasteiger partial charge in [-0.25, -0.2) is 0 Å². The second-order valence-electron chi connectivity index (χ2n) is 6.27. The van der Waals surface area contributed by atoms with E-state index in [4.69, 9.17) is 4.74 Å². The van der Waals surface area contributed by atoms with E-state index in [2.05, 4.69) is 0 Å².